The molecular weight excluding hydrogens is 271 g/mol. The standard InChI is InChI=1S/C7H15FO3S.C5H8N2/c1-2-3-4-5-6-7-12(9,10)11-8;1-2-5-6-3-4-7-5/h2-7H2,1H3;3-4H,2H2,1H3,(H,6,7). The van der Waals surface area contributed by atoms with Crippen molar-refractivity contribution in [2.75, 3.05) is 5.75 Å². The van der Waals surface area contributed by atoms with Crippen LogP contribution in [0.5, 0.6) is 0 Å². The highest BCUT2D eigenvalue weighted by Crippen LogP contribution is 2.05. The van der Waals surface area contributed by atoms with Crippen molar-refractivity contribution in [3.05, 3.63) is 18.2 Å². The van der Waals surface area contributed by atoms with Crippen LogP contribution in [0.3, 0.4) is 0 Å². The minimum absolute atomic E-state index is 0.215. The molecule has 1 N–H and O–H groups in total. The van der Waals surface area contributed by atoms with Crippen LogP contribution in [0.1, 0.15) is 51.8 Å². The average molecular weight is 294 g/mol. The van der Waals surface area contributed by atoms with Gasteiger partial charge in [0.05, 0.1) is 5.75 Å². The molecule has 0 amide bonds. The van der Waals surface area contributed by atoms with Crippen molar-refractivity contribution in [1.29, 1.82) is 0 Å². The van der Waals surface area contributed by atoms with E-state index in [1.807, 2.05) is 6.20 Å². The third-order valence-electron chi connectivity index (χ3n) is 2.48. The largest absolute Gasteiger partial charge is 0.349 e. The third-order valence-corrected chi connectivity index (χ3v) is 3.46. The summed E-state index contributed by atoms with van der Waals surface area (Å²) in [6, 6.07) is 0. The number of nitrogens with zero attached hydrogens (tertiary/aromatic N) is 1. The third kappa shape index (κ3) is 10.6. The molecule has 0 aromatic carbocycles. The Morgan fingerprint density at radius 1 is 1.26 bits per heavy atom. The molecule has 1 aromatic rings. The van der Waals surface area contributed by atoms with Crippen molar-refractivity contribution >= 4 is 10.1 Å². The fourth-order valence-corrected chi connectivity index (χ4v) is 2.03. The van der Waals surface area contributed by atoms with E-state index in [9.17, 15) is 12.9 Å². The second-order valence-electron chi connectivity index (χ2n) is 4.13. The van der Waals surface area contributed by atoms with Crippen LogP contribution in [0.2, 0.25) is 0 Å². The predicted molar refractivity (Wildman–Crippen MR) is 72.7 cm³/mol. The van der Waals surface area contributed by atoms with Crippen LogP contribution in [0.4, 0.5) is 4.53 Å². The van der Waals surface area contributed by atoms with Crippen LogP contribution in [0.15, 0.2) is 12.4 Å². The minimum Gasteiger partial charge on any atom is -0.349 e. The quantitative estimate of drug-likeness (QED) is 0.747. The van der Waals surface area contributed by atoms with E-state index < -0.39 is 10.1 Å². The lowest BCUT2D eigenvalue weighted by Crippen LogP contribution is -2.05. The molecule has 19 heavy (non-hydrogen) atoms. The van der Waals surface area contributed by atoms with Crippen molar-refractivity contribution < 1.29 is 17.3 Å². The van der Waals surface area contributed by atoms with Gasteiger partial charge in [-0.3, -0.25) is 0 Å². The molecule has 0 bridgehead atoms. The number of halogens is 1. The maximum Gasteiger partial charge on any atom is 0.297 e. The Labute approximate surface area is 114 Å². The zero-order valence-electron chi connectivity index (χ0n) is 11.6. The van der Waals surface area contributed by atoms with Gasteiger partial charge < -0.3 is 4.98 Å². The zero-order chi connectivity index (χ0) is 14.6. The minimum atomic E-state index is -3.87. The SMILES string of the molecule is CCCCCCCS(=O)(=O)OF.CCc1ncc[nH]1. The van der Waals surface area contributed by atoms with E-state index in [0.717, 1.165) is 37.9 Å². The van der Waals surface area contributed by atoms with E-state index in [2.05, 4.69) is 28.2 Å². The highest BCUT2D eigenvalue weighted by molar-refractivity contribution is 7.86. The molecule has 1 rings (SSSR count). The summed E-state index contributed by atoms with van der Waals surface area (Å²) in [5, 5.41) is 0. The highest BCUT2D eigenvalue weighted by Gasteiger charge is 2.09. The monoisotopic (exact) mass is 294 g/mol. The summed E-state index contributed by atoms with van der Waals surface area (Å²) in [6.45, 7) is 4.14. The van der Waals surface area contributed by atoms with Gasteiger partial charge in [0, 0.05) is 18.8 Å². The molecule has 1 heterocycles. The second-order valence-corrected chi connectivity index (χ2v) is 5.78. The van der Waals surface area contributed by atoms with Gasteiger partial charge in [-0.05, 0) is 10.9 Å². The number of nitrogens with one attached hydrogen (secondary N) is 1. The summed E-state index contributed by atoms with van der Waals surface area (Å²) in [4.78, 5) is 6.95. The Kier molecular flexibility index (Phi) is 10.4. The molecule has 0 unspecified atom stereocenters. The fourth-order valence-electron chi connectivity index (χ4n) is 1.41. The molecule has 0 aliphatic rings. The van der Waals surface area contributed by atoms with Gasteiger partial charge >= 0.3 is 0 Å². The van der Waals surface area contributed by atoms with E-state index in [0.29, 0.717) is 6.42 Å². The fraction of sp³-hybridized carbons (Fsp3) is 0.750. The lowest BCUT2D eigenvalue weighted by molar-refractivity contribution is 0.00288. The highest BCUT2D eigenvalue weighted by atomic mass is 32.2. The molecule has 5 nitrogen and oxygen atoms in total. The molecule has 0 aliphatic carbocycles. The summed E-state index contributed by atoms with van der Waals surface area (Å²) >= 11 is 0. The molecule has 0 aliphatic heterocycles. The van der Waals surface area contributed by atoms with Gasteiger partial charge in [-0.2, -0.15) is 8.42 Å². The molecular formula is C12H23FN2O3S. The number of rotatable bonds is 8. The van der Waals surface area contributed by atoms with Crippen molar-refractivity contribution in [3.8, 4) is 0 Å². The number of aromatic amines is 1. The van der Waals surface area contributed by atoms with Gasteiger partial charge in [-0.25, -0.2) is 4.98 Å². The van der Waals surface area contributed by atoms with Gasteiger partial charge in [0.15, 0.2) is 0 Å². The molecule has 0 atom stereocenters. The first-order chi connectivity index (χ1) is 9.05. The summed E-state index contributed by atoms with van der Waals surface area (Å²) in [6.07, 6.45) is 9.08. The number of hydrogen-bond acceptors (Lipinski definition) is 4. The summed E-state index contributed by atoms with van der Waals surface area (Å²) in [5.74, 6) is 0.840. The average Bonchev–Trinajstić information content (AvgIpc) is 2.92. The van der Waals surface area contributed by atoms with Gasteiger partial charge in [-0.15, -0.1) is 0 Å². The van der Waals surface area contributed by atoms with Gasteiger partial charge in [0.1, 0.15) is 5.82 Å². The summed E-state index contributed by atoms with van der Waals surface area (Å²) in [5.41, 5.74) is 0. The van der Waals surface area contributed by atoms with E-state index in [1.54, 1.807) is 6.20 Å². The van der Waals surface area contributed by atoms with Crippen LogP contribution >= 0.6 is 0 Å². The van der Waals surface area contributed by atoms with Gasteiger partial charge in [0.25, 0.3) is 10.1 Å². The van der Waals surface area contributed by atoms with Crippen molar-refractivity contribution in [1.82, 2.24) is 9.97 Å². The van der Waals surface area contributed by atoms with Crippen molar-refractivity contribution in [2.45, 2.75) is 52.4 Å². The first-order valence-corrected chi connectivity index (χ1v) is 8.14. The number of H-pyrrole nitrogens is 1. The first kappa shape index (κ1) is 18.0. The second kappa shape index (κ2) is 10.9. The molecule has 7 heteroatoms. The maximum absolute atomic E-state index is 11.3. The van der Waals surface area contributed by atoms with Crippen molar-refractivity contribution in [3.63, 3.8) is 0 Å². The number of unbranched alkanes of at least 4 members (excludes halogenated alkanes) is 4. The first-order valence-electron chi connectivity index (χ1n) is 6.56. The smallest absolute Gasteiger partial charge is 0.297 e. The van der Waals surface area contributed by atoms with Crippen LogP contribution in [0, 0.1) is 0 Å². The molecule has 112 valence electrons. The lowest BCUT2D eigenvalue weighted by Gasteiger charge is -1.98. The van der Waals surface area contributed by atoms with E-state index >= 15 is 0 Å². The lowest BCUT2D eigenvalue weighted by atomic mass is 10.2. The molecule has 0 radical (unpaired) electrons. The maximum atomic E-state index is 11.3. The zero-order valence-corrected chi connectivity index (χ0v) is 12.4. The molecule has 1 aromatic heterocycles. The number of imidazole rings is 1. The Hall–Kier alpha value is -0.950. The Bertz CT molecular complexity index is 393. The number of hydrogen-bond donors (Lipinski definition) is 1. The van der Waals surface area contributed by atoms with Gasteiger partial charge in [0.2, 0.25) is 0 Å². The topological polar surface area (TPSA) is 72.1 Å². The Balaban J connectivity index is 0.000000388. The summed E-state index contributed by atoms with van der Waals surface area (Å²) < 4.78 is 34.9. The predicted octanol–water partition coefficient (Wildman–Crippen LogP) is 3.16. The van der Waals surface area contributed by atoms with E-state index in [1.165, 1.54) is 0 Å². The molecule has 0 saturated carbocycles. The van der Waals surface area contributed by atoms with E-state index in [-0.39, 0.29) is 5.75 Å². The Morgan fingerprint density at radius 3 is 2.37 bits per heavy atom. The molecule has 0 spiro atoms. The Morgan fingerprint density at radius 2 is 1.95 bits per heavy atom. The molecule has 0 fully saturated rings. The van der Waals surface area contributed by atoms with Gasteiger partial charge in [-0.1, -0.05) is 43.9 Å². The van der Waals surface area contributed by atoms with Crippen LogP contribution in [-0.4, -0.2) is 24.1 Å². The van der Waals surface area contributed by atoms with Crippen LogP contribution in [-0.2, 0) is 20.9 Å². The van der Waals surface area contributed by atoms with Crippen LogP contribution in [0.25, 0.3) is 0 Å². The summed E-state index contributed by atoms with van der Waals surface area (Å²) in [7, 11) is -3.87. The van der Waals surface area contributed by atoms with Crippen molar-refractivity contribution in [2.24, 2.45) is 0 Å². The normalized spacial score (nSPS) is 10.9. The van der Waals surface area contributed by atoms with Crippen LogP contribution < -0.4 is 0 Å². The molecule has 0 saturated heterocycles. The number of aryl methyl sites for hydroxylation is 1. The number of aromatic nitrogens is 2. The van der Waals surface area contributed by atoms with E-state index in [4.69, 9.17) is 0 Å².